The van der Waals surface area contributed by atoms with Crippen LogP contribution in [0, 0.1) is 12.3 Å². The first kappa shape index (κ1) is 6.47. The Bertz CT molecular complexity index is 70.5. The van der Waals surface area contributed by atoms with Crippen molar-refractivity contribution >= 4 is 5.91 Å². The monoisotopic (exact) mass is 100 g/mol. The van der Waals surface area contributed by atoms with Crippen molar-refractivity contribution < 1.29 is 4.79 Å². The second-order valence-corrected chi connectivity index (χ2v) is 1.52. The van der Waals surface area contributed by atoms with E-state index in [0.29, 0.717) is 0 Å². The number of hydrogen-bond donors (Lipinski definition) is 1. The summed E-state index contributed by atoms with van der Waals surface area (Å²) in [5, 5.41) is 0. The van der Waals surface area contributed by atoms with Gasteiger partial charge in [0.25, 0.3) is 0 Å². The standard InChI is InChI=1S/C5H10NO/c1-3-4(2)5(6)7/h3-4H,1-2H3,(H2,6,7). The van der Waals surface area contributed by atoms with Crippen molar-refractivity contribution in [2.45, 2.75) is 13.8 Å². The van der Waals surface area contributed by atoms with Crippen LogP contribution in [-0.4, -0.2) is 5.91 Å². The predicted octanol–water partition coefficient (Wildman–Crippen LogP) is 0.332. The lowest BCUT2D eigenvalue weighted by molar-refractivity contribution is -0.120. The van der Waals surface area contributed by atoms with Gasteiger partial charge in [-0.3, -0.25) is 4.79 Å². The van der Waals surface area contributed by atoms with E-state index in [1.54, 1.807) is 13.3 Å². The van der Waals surface area contributed by atoms with Crippen LogP contribution in [0.4, 0.5) is 0 Å². The Morgan fingerprint density at radius 2 is 2.29 bits per heavy atom. The van der Waals surface area contributed by atoms with Crippen LogP contribution < -0.4 is 5.73 Å². The molecular formula is C5H10NO. The Labute approximate surface area is 43.7 Å². The molecule has 7 heavy (non-hydrogen) atoms. The summed E-state index contributed by atoms with van der Waals surface area (Å²) < 4.78 is 0. The molecule has 0 aliphatic carbocycles. The Morgan fingerprint density at radius 3 is 2.29 bits per heavy atom. The fourth-order valence-corrected chi connectivity index (χ4v) is 0.164. The molecule has 0 aromatic heterocycles. The lowest BCUT2D eigenvalue weighted by atomic mass is 10.1. The summed E-state index contributed by atoms with van der Waals surface area (Å²) in [7, 11) is 0. The number of amides is 1. The van der Waals surface area contributed by atoms with Crippen molar-refractivity contribution in [2.24, 2.45) is 11.7 Å². The highest BCUT2D eigenvalue weighted by atomic mass is 16.1. The zero-order chi connectivity index (χ0) is 5.86. The van der Waals surface area contributed by atoms with Crippen molar-refractivity contribution in [2.75, 3.05) is 0 Å². The number of carbonyl (C=O) groups is 1. The summed E-state index contributed by atoms with van der Waals surface area (Å²) >= 11 is 0. The average Bonchev–Trinajstić information content (AvgIpc) is 1.65. The highest BCUT2D eigenvalue weighted by molar-refractivity contribution is 5.77. The average molecular weight is 100 g/mol. The van der Waals surface area contributed by atoms with Gasteiger partial charge in [0.05, 0.1) is 0 Å². The molecule has 0 spiro atoms. The second-order valence-electron chi connectivity index (χ2n) is 1.52. The zero-order valence-electron chi connectivity index (χ0n) is 4.64. The fraction of sp³-hybridized carbons (Fsp3) is 0.600. The molecule has 0 saturated carbocycles. The van der Waals surface area contributed by atoms with E-state index in [2.05, 4.69) is 0 Å². The van der Waals surface area contributed by atoms with E-state index >= 15 is 0 Å². The molecule has 1 radical (unpaired) electrons. The summed E-state index contributed by atoms with van der Waals surface area (Å²) in [5.74, 6) is -0.345. The topological polar surface area (TPSA) is 43.1 Å². The van der Waals surface area contributed by atoms with E-state index in [4.69, 9.17) is 5.73 Å². The number of rotatable bonds is 2. The summed E-state index contributed by atoms with van der Waals surface area (Å²) in [6, 6.07) is 0. The number of hydrogen-bond acceptors (Lipinski definition) is 1. The summed E-state index contributed by atoms with van der Waals surface area (Å²) in [6.45, 7) is 3.58. The van der Waals surface area contributed by atoms with Crippen LogP contribution >= 0.6 is 0 Å². The first-order valence-electron chi connectivity index (χ1n) is 2.27. The van der Waals surface area contributed by atoms with E-state index < -0.39 is 0 Å². The Morgan fingerprint density at radius 1 is 1.86 bits per heavy atom. The van der Waals surface area contributed by atoms with E-state index in [9.17, 15) is 4.79 Å². The molecule has 2 heteroatoms. The zero-order valence-corrected chi connectivity index (χ0v) is 4.64. The molecule has 0 rings (SSSR count). The van der Waals surface area contributed by atoms with Gasteiger partial charge in [0.2, 0.25) is 5.91 Å². The third-order valence-electron chi connectivity index (χ3n) is 0.949. The summed E-state index contributed by atoms with van der Waals surface area (Å²) in [6.07, 6.45) is 1.77. The smallest absolute Gasteiger partial charge is 0.220 e. The third-order valence-corrected chi connectivity index (χ3v) is 0.949. The lowest BCUT2D eigenvalue weighted by Gasteiger charge is -1.97. The summed E-state index contributed by atoms with van der Waals surface area (Å²) in [4.78, 5) is 10.1. The maximum atomic E-state index is 10.1. The van der Waals surface area contributed by atoms with Gasteiger partial charge in [-0.15, -0.1) is 0 Å². The first-order valence-corrected chi connectivity index (χ1v) is 2.27. The van der Waals surface area contributed by atoms with Gasteiger partial charge in [0.1, 0.15) is 0 Å². The molecule has 0 bridgehead atoms. The molecule has 2 N–H and O–H groups in total. The fourth-order valence-electron chi connectivity index (χ4n) is 0.164. The van der Waals surface area contributed by atoms with Crippen LogP contribution in [0.2, 0.25) is 0 Å². The molecule has 0 aliphatic rings. The molecule has 1 amide bonds. The molecule has 1 atom stereocenters. The molecule has 41 valence electrons. The van der Waals surface area contributed by atoms with Crippen LogP contribution in [0.3, 0.4) is 0 Å². The normalized spacial score (nSPS) is 13.4. The molecule has 0 heterocycles. The molecule has 0 fully saturated rings. The van der Waals surface area contributed by atoms with Crippen LogP contribution in [0.15, 0.2) is 0 Å². The van der Waals surface area contributed by atoms with Crippen LogP contribution in [-0.2, 0) is 4.79 Å². The molecule has 0 aliphatic heterocycles. The van der Waals surface area contributed by atoms with Crippen molar-refractivity contribution in [3.8, 4) is 0 Å². The Balaban J connectivity index is 3.34. The second kappa shape index (κ2) is 2.61. The maximum Gasteiger partial charge on any atom is 0.220 e. The molecule has 2 nitrogen and oxygen atoms in total. The van der Waals surface area contributed by atoms with E-state index in [0.717, 1.165) is 0 Å². The van der Waals surface area contributed by atoms with Gasteiger partial charge in [-0.05, 0) is 6.42 Å². The highest BCUT2D eigenvalue weighted by Gasteiger charge is 2.02. The Hall–Kier alpha value is -0.530. The molecular weight excluding hydrogens is 90.1 g/mol. The van der Waals surface area contributed by atoms with Crippen molar-refractivity contribution in [1.82, 2.24) is 0 Å². The van der Waals surface area contributed by atoms with Gasteiger partial charge in [-0.1, -0.05) is 13.8 Å². The minimum absolute atomic E-state index is 0.0833. The predicted molar refractivity (Wildman–Crippen MR) is 28.3 cm³/mol. The lowest BCUT2D eigenvalue weighted by Crippen LogP contribution is -2.19. The van der Waals surface area contributed by atoms with Gasteiger partial charge in [0, 0.05) is 5.92 Å². The van der Waals surface area contributed by atoms with Gasteiger partial charge >= 0.3 is 0 Å². The van der Waals surface area contributed by atoms with Crippen molar-refractivity contribution in [3.63, 3.8) is 0 Å². The SMILES string of the molecule is C[CH]C(C)C(N)=O. The van der Waals surface area contributed by atoms with Gasteiger partial charge in [0.15, 0.2) is 0 Å². The van der Waals surface area contributed by atoms with Crippen molar-refractivity contribution in [1.29, 1.82) is 0 Å². The van der Waals surface area contributed by atoms with Crippen molar-refractivity contribution in [3.05, 3.63) is 6.42 Å². The molecule has 0 aromatic carbocycles. The maximum absolute atomic E-state index is 10.1. The van der Waals surface area contributed by atoms with Crippen LogP contribution in [0.5, 0.6) is 0 Å². The van der Waals surface area contributed by atoms with Gasteiger partial charge < -0.3 is 5.73 Å². The highest BCUT2D eigenvalue weighted by Crippen LogP contribution is 1.94. The van der Waals surface area contributed by atoms with Gasteiger partial charge in [-0.25, -0.2) is 0 Å². The third kappa shape index (κ3) is 2.20. The van der Waals surface area contributed by atoms with E-state index in [-0.39, 0.29) is 11.8 Å². The van der Waals surface area contributed by atoms with Gasteiger partial charge in [-0.2, -0.15) is 0 Å². The summed E-state index contributed by atoms with van der Waals surface area (Å²) in [5.41, 5.74) is 4.88. The van der Waals surface area contributed by atoms with E-state index in [1.165, 1.54) is 0 Å². The number of carbonyl (C=O) groups excluding carboxylic acids is 1. The quantitative estimate of drug-likeness (QED) is 0.534. The molecule has 0 saturated heterocycles. The molecule has 1 unspecified atom stereocenters. The molecule has 0 aromatic rings. The number of primary amides is 1. The Kier molecular flexibility index (Phi) is 2.41. The van der Waals surface area contributed by atoms with Crippen LogP contribution in [0.25, 0.3) is 0 Å². The largest absolute Gasteiger partial charge is 0.369 e. The van der Waals surface area contributed by atoms with E-state index in [1.807, 2.05) is 6.92 Å². The van der Waals surface area contributed by atoms with Crippen LogP contribution in [0.1, 0.15) is 13.8 Å². The minimum Gasteiger partial charge on any atom is -0.369 e. The number of nitrogens with two attached hydrogens (primary N) is 1. The first-order chi connectivity index (χ1) is 3.18. The minimum atomic E-state index is -0.262.